The summed E-state index contributed by atoms with van der Waals surface area (Å²) >= 11 is 0. The molecule has 0 saturated carbocycles. The molecule has 2 amide bonds. The van der Waals surface area contributed by atoms with E-state index in [-0.39, 0.29) is 30.1 Å². The molecular formula is C21H27FN4O2. The largest absolute Gasteiger partial charge is 0.349 e. The van der Waals surface area contributed by atoms with Crippen LogP contribution in [0.5, 0.6) is 0 Å². The molecule has 1 aromatic carbocycles. The minimum Gasteiger partial charge on any atom is -0.349 e. The van der Waals surface area contributed by atoms with E-state index in [4.69, 9.17) is 0 Å². The van der Waals surface area contributed by atoms with E-state index < -0.39 is 0 Å². The molecule has 0 spiro atoms. The van der Waals surface area contributed by atoms with Gasteiger partial charge in [0.25, 0.3) is 0 Å². The summed E-state index contributed by atoms with van der Waals surface area (Å²) in [6.07, 6.45) is 5.57. The highest BCUT2D eigenvalue weighted by Crippen LogP contribution is 2.21. The number of hydrogen-bond donors (Lipinski definition) is 1. The van der Waals surface area contributed by atoms with E-state index in [0.29, 0.717) is 18.7 Å². The lowest BCUT2D eigenvalue weighted by Gasteiger charge is -2.21. The van der Waals surface area contributed by atoms with Gasteiger partial charge in [0.05, 0.1) is 17.9 Å². The number of halogens is 1. The fraction of sp³-hybridized carbons (Fsp3) is 0.476. The van der Waals surface area contributed by atoms with Crippen molar-refractivity contribution in [2.45, 2.75) is 52.0 Å². The van der Waals surface area contributed by atoms with Gasteiger partial charge in [-0.05, 0) is 44.9 Å². The molecule has 7 heteroatoms. The van der Waals surface area contributed by atoms with Crippen molar-refractivity contribution >= 4 is 11.8 Å². The second-order valence-corrected chi connectivity index (χ2v) is 7.31. The number of benzene rings is 1. The van der Waals surface area contributed by atoms with Crippen molar-refractivity contribution in [1.29, 1.82) is 0 Å². The number of amides is 2. The number of likely N-dealkylation sites (tertiary alicyclic amines) is 1. The van der Waals surface area contributed by atoms with Gasteiger partial charge in [0.1, 0.15) is 5.82 Å². The zero-order chi connectivity index (χ0) is 20.1. The summed E-state index contributed by atoms with van der Waals surface area (Å²) in [5, 5.41) is 7.32. The molecule has 0 radical (unpaired) electrons. The number of carbonyl (C=O) groups is 2. The van der Waals surface area contributed by atoms with Crippen LogP contribution in [0.4, 0.5) is 4.39 Å². The first-order valence-electron chi connectivity index (χ1n) is 9.83. The molecule has 2 aromatic rings. The number of nitrogens with one attached hydrogen (secondary N) is 1. The maximum absolute atomic E-state index is 13.5. The van der Waals surface area contributed by atoms with Gasteiger partial charge < -0.3 is 10.2 Å². The van der Waals surface area contributed by atoms with Crippen molar-refractivity contribution in [3.8, 4) is 5.69 Å². The Labute approximate surface area is 164 Å². The molecule has 1 saturated heterocycles. The normalized spacial score (nSPS) is 16.0. The van der Waals surface area contributed by atoms with Gasteiger partial charge in [0.2, 0.25) is 11.8 Å². The topological polar surface area (TPSA) is 67.2 Å². The van der Waals surface area contributed by atoms with Crippen molar-refractivity contribution < 1.29 is 14.0 Å². The van der Waals surface area contributed by atoms with Crippen LogP contribution in [-0.2, 0) is 9.59 Å². The van der Waals surface area contributed by atoms with Gasteiger partial charge in [-0.2, -0.15) is 5.10 Å². The number of hydrogen-bond acceptors (Lipinski definition) is 3. The Morgan fingerprint density at radius 3 is 2.93 bits per heavy atom. The molecule has 0 aliphatic carbocycles. The summed E-state index contributed by atoms with van der Waals surface area (Å²) in [6, 6.07) is 6.01. The first-order chi connectivity index (χ1) is 13.5. The van der Waals surface area contributed by atoms with Gasteiger partial charge in [-0.1, -0.05) is 12.5 Å². The predicted octanol–water partition coefficient (Wildman–Crippen LogP) is 3.29. The van der Waals surface area contributed by atoms with Crippen LogP contribution >= 0.6 is 0 Å². The highest BCUT2D eigenvalue weighted by molar-refractivity contribution is 5.79. The average molecular weight is 386 g/mol. The summed E-state index contributed by atoms with van der Waals surface area (Å²) < 4.78 is 15.2. The third-order valence-corrected chi connectivity index (χ3v) is 5.22. The van der Waals surface area contributed by atoms with Crippen molar-refractivity contribution in [3.63, 3.8) is 0 Å². The first kappa shape index (κ1) is 20.0. The highest BCUT2D eigenvalue weighted by Gasteiger charge is 2.19. The summed E-state index contributed by atoms with van der Waals surface area (Å²) in [7, 11) is 0. The quantitative estimate of drug-likeness (QED) is 0.828. The molecule has 1 fully saturated rings. The number of rotatable bonds is 6. The molecule has 3 rings (SSSR count). The minimum absolute atomic E-state index is 0.0950. The maximum atomic E-state index is 13.5. The lowest BCUT2D eigenvalue weighted by Crippen LogP contribution is -2.35. The molecule has 0 unspecified atom stereocenters. The maximum Gasteiger partial charge on any atom is 0.222 e. The van der Waals surface area contributed by atoms with E-state index in [1.54, 1.807) is 27.9 Å². The fourth-order valence-corrected chi connectivity index (χ4v) is 3.62. The number of aromatic nitrogens is 2. The molecule has 0 bridgehead atoms. The van der Waals surface area contributed by atoms with Gasteiger partial charge in [0.15, 0.2) is 0 Å². The number of nitrogens with zero attached hydrogens (tertiary/aromatic N) is 3. The average Bonchev–Trinajstić information content (AvgIpc) is 2.92. The van der Waals surface area contributed by atoms with Crippen LogP contribution in [-0.4, -0.2) is 39.6 Å². The molecule has 1 N–H and O–H groups in total. The van der Waals surface area contributed by atoms with Gasteiger partial charge in [-0.25, -0.2) is 9.07 Å². The van der Waals surface area contributed by atoms with Crippen molar-refractivity contribution in [3.05, 3.63) is 47.5 Å². The van der Waals surface area contributed by atoms with Crippen LogP contribution in [0.15, 0.2) is 30.5 Å². The molecule has 28 heavy (non-hydrogen) atoms. The van der Waals surface area contributed by atoms with Crippen LogP contribution in [0.2, 0.25) is 0 Å². The second kappa shape index (κ2) is 8.99. The second-order valence-electron chi connectivity index (χ2n) is 7.31. The number of carbonyl (C=O) groups excluding carboxylic acids is 2. The Morgan fingerprint density at radius 1 is 1.32 bits per heavy atom. The lowest BCUT2D eigenvalue weighted by molar-refractivity contribution is -0.131. The van der Waals surface area contributed by atoms with Crippen molar-refractivity contribution in [1.82, 2.24) is 20.0 Å². The van der Waals surface area contributed by atoms with E-state index >= 15 is 0 Å². The fourth-order valence-electron chi connectivity index (χ4n) is 3.62. The van der Waals surface area contributed by atoms with Gasteiger partial charge in [0, 0.05) is 37.2 Å². The Hall–Kier alpha value is -2.70. The highest BCUT2D eigenvalue weighted by atomic mass is 19.1. The first-order valence-corrected chi connectivity index (χ1v) is 9.83. The van der Waals surface area contributed by atoms with Gasteiger partial charge in [-0.3, -0.25) is 9.59 Å². The monoisotopic (exact) mass is 386 g/mol. The van der Waals surface area contributed by atoms with Crippen LogP contribution in [0.1, 0.15) is 56.3 Å². The molecule has 6 nitrogen and oxygen atoms in total. The Balaban J connectivity index is 1.59. The van der Waals surface area contributed by atoms with Crippen LogP contribution < -0.4 is 5.32 Å². The van der Waals surface area contributed by atoms with E-state index in [1.807, 2.05) is 13.8 Å². The Morgan fingerprint density at radius 2 is 2.14 bits per heavy atom. The summed E-state index contributed by atoms with van der Waals surface area (Å²) in [5.41, 5.74) is 2.37. The van der Waals surface area contributed by atoms with Gasteiger partial charge >= 0.3 is 0 Å². The Bertz CT molecular complexity index is 849. The zero-order valence-electron chi connectivity index (χ0n) is 16.4. The van der Waals surface area contributed by atoms with Gasteiger partial charge in [-0.15, -0.1) is 0 Å². The standard InChI is InChI=1S/C21H27FN4O2/c1-15(24-20(27)10-12-25-11-5-3-4-9-21(25)28)19-14-23-26(16(19)2)18-8-6-7-17(22)13-18/h6-8,13-15H,3-5,9-12H2,1-2H3,(H,24,27)/t15-/m0/s1. The van der Waals surface area contributed by atoms with Crippen molar-refractivity contribution in [2.24, 2.45) is 0 Å². The zero-order valence-corrected chi connectivity index (χ0v) is 16.4. The molecule has 1 aromatic heterocycles. The predicted molar refractivity (Wildman–Crippen MR) is 104 cm³/mol. The molecule has 1 aliphatic heterocycles. The third-order valence-electron chi connectivity index (χ3n) is 5.22. The van der Waals surface area contributed by atoms with Crippen LogP contribution in [0.3, 0.4) is 0 Å². The summed E-state index contributed by atoms with van der Waals surface area (Å²) in [5.74, 6) is -0.272. The molecule has 2 heterocycles. The summed E-state index contributed by atoms with van der Waals surface area (Å²) in [4.78, 5) is 26.2. The smallest absolute Gasteiger partial charge is 0.222 e. The Kier molecular flexibility index (Phi) is 6.44. The van der Waals surface area contributed by atoms with Crippen LogP contribution in [0, 0.1) is 12.7 Å². The van der Waals surface area contributed by atoms with E-state index in [9.17, 15) is 14.0 Å². The minimum atomic E-state index is -0.321. The SMILES string of the molecule is Cc1c([C@H](C)NC(=O)CCN2CCCCCC2=O)cnn1-c1cccc(F)c1. The van der Waals surface area contributed by atoms with E-state index in [2.05, 4.69) is 10.4 Å². The lowest BCUT2D eigenvalue weighted by atomic mass is 10.1. The molecular weight excluding hydrogens is 359 g/mol. The van der Waals surface area contributed by atoms with Crippen LogP contribution in [0.25, 0.3) is 5.69 Å². The summed E-state index contributed by atoms with van der Waals surface area (Å²) in [6.45, 7) is 4.99. The molecule has 1 aliphatic rings. The molecule has 1 atom stereocenters. The van der Waals surface area contributed by atoms with E-state index in [1.165, 1.54) is 12.1 Å². The molecule has 150 valence electrons. The van der Waals surface area contributed by atoms with E-state index in [0.717, 1.165) is 37.1 Å². The van der Waals surface area contributed by atoms with Crippen molar-refractivity contribution in [2.75, 3.05) is 13.1 Å². The third kappa shape index (κ3) is 4.77.